The minimum absolute atomic E-state index is 0.0529. The SMILES string of the molecule is CCNC(=O)c1ccc(CNC(=NC)NCCOc2ccccc2)cc1. The van der Waals surface area contributed by atoms with E-state index in [9.17, 15) is 4.79 Å². The summed E-state index contributed by atoms with van der Waals surface area (Å²) in [5.41, 5.74) is 1.73. The second-order valence-corrected chi connectivity index (χ2v) is 5.57. The van der Waals surface area contributed by atoms with E-state index in [1.807, 2.05) is 61.5 Å². The Hall–Kier alpha value is -3.02. The fourth-order valence-corrected chi connectivity index (χ4v) is 2.30. The Kier molecular flexibility index (Phi) is 7.99. The molecule has 0 bridgehead atoms. The fraction of sp³-hybridized carbons (Fsp3) is 0.300. The van der Waals surface area contributed by atoms with E-state index in [1.54, 1.807) is 7.05 Å². The van der Waals surface area contributed by atoms with E-state index >= 15 is 0 Å². The number of nitrogens with one attached hydrogen (secondary N) is 3. The maximum Gasteiger partial charge on any atom is 0.251 e. The summed E-state index contributed by atoms with van der Waals surface area (Å²) < 4.78 is 5.64. The van der Waals surface area contributed by atoms with Gasteiger partial charge in [-0.2, -0.15) is 0 Å². The van der Waals surface area contributed by atoms with Crippen LogP contribution in [0.25, 0.3) is 0 Å². The Labute approximate surface area is 154 Å². The van der Waals surface area contributed by atoms with Crippen LogP contribution in [-0.2, 0) is 6.54 Å². The topological polar surface area (TPSA) is 74.8 Å². The molecule has 0 aliphatic carbocycles. The lowest BCUT2D eigenvalue weighted by Crippen LogP contribution is -2.38. The standard InChI is InChI=1S/C20H26N4O2/c1-3-22-19(25)17-11-9-16(10-12-17)15-24-20(21-2)23-13-14-26-18-7-5-4-6-8-18/h4-12H,3,13-15H2,1-2H3,(H,22,25)(H2,21,23,24). The van der Waals surface area contributed by atoms with Crippen LogP contribution < -0.4 is 20.7 Å². The summed E-state index contributed by atoms with van der Waals surface area (Å²) in [6.45, 7) is 4.34. The third kappa shape index (κ3) is 6.47. The molecule has 1 amide bonds. The van der Waals surface area contributed by atoms with Crippen molar-refractivity contribution in [2.75, 3.05) is 26.7 Å². The Morgan fingerprint density at radius 2 is 1.73 bits per heavy atom. The summed E-state index contributed by atoms with van der Waals surface area (Å²) in [6, 6.07) is 17.2. The molecule has 0 saturated heterocycles. The van der Waals surface area contributed by atoms with Crippen LogP contribution in [0.3, 0.4) is 0 Å². The molecule has 0 aromatic heterocycles. The number of benzene rings is 2. The number of rotatable bonds is 8. The van der Waals surface area contributed by atoms with Gasteiger partial charge < -0.3 is 20.7 Å². The number of ether oxygens (including phenoxy) is 1. The molecule has 2 rings (SSSR count). The molecule has 2 aromatic rings. The number of amides is 1. The number of aliphatic imine (C=N–C) groups is 1. The van der Waals surface area contributed by atoms with E-state index in [-0.39, 0.29) is 5.91 Å². The van der Waals surface area contributed by atoms with Crippen LogP contribution in [0.15, 0.2) is 59.6 Å². The third-order valence-electron chi connectivity index (χ3n) is 3.64. The molecule has 26 heavy (non-hydrogen) atoms. The first-order chi connectivity index (χ1) is 12.7. The summed E-state index contributed by atoms with van der Waals surface area (Å²) >= 11 is 0. The average Bonchev–Trinajstić information content (AvgIpc) is 2.69. The van der Waals surface area contributed by atoms with E-state index in [0.29, 0.717) is 37.8 Å². The van der Waals surface area contributed by atoms with Crippen molar-refractivity contribution in [1.29, 1.82) is 0 Å². The zero-order chi connectivity index (χ0) is 18.6. The second kappa shape index (κ2) is 10.8. The second-order valence-electron chi connectivity index (χ2n) is 5.57. The minimum Gasteiger partial charge on any atom is -0.492 e. The molecule has 0 radical (unpaired) electrons. The lowest BCUT2D eigenvalue weighted by molar-refractivity contribution is 0.0956. The van der Waals surface area contributed by atoms with Gasteiger partial charge in [-0.3, -0.25) is 9.79 Å². The van der Waals surface area contributed by atoms with E-state index in [4.69, 9.17) is 4.74 Å². The van der Waals surface area contributed by atoms with Crippen molar-refractivity contribution in [2.24, 2.45) is 4.99 Å². The van der Waals surface area contributed by atoms with Gasteiger partial charge in [0.25, 0.3) is 5.91 Å². The molecule has 138 valence electrons. The van der Waals surface area contributed by atoms with Crippen molar-refractivity contribution in [2.45, 2.75) is 13.5 Å². The normalized spacial score (nSPS) is 10.9. The summed E-state index contributed by atoms with van der Waals surface area (Å²) in [5.74, 6) is 1.50. The van der Waals surface area contributed by atoms with Crippen LogP contribution >= 0.6 is 0 Å². The van der Waals surface area contributed by atoms with Gasteiger partial charge in [0.1, 0.15) is 12.4 Å². The van der Waals surface area contributed by atoms with Gasteiger partial charge in [-0.15, -0.1) is 0 Å². The molecule has 0 heterocycles. The smallest absolute Gasteiger partial charge is 0.251 e. The van der Waals surface area contributed by atoms with E-state index < -0.39 is 0 Å². The first-order valence-corrected chi connectivity index (χ1v) is 8.72. The summed E-state index contributed by atoms with van der Waals surface area (Å²) in [6.07, 6.45) is 0. The Morgan fingerprint density at radius 3 is 2.38 bits per heavy atom. The van der Waals surface area contributed by atoms with Crippen LogP contribution in [0.1, 0.15) is 22.8 Å². The van der Waals surface area contributed by atoms with Crippen LogP contribution in [0, 0.1) is 0 Å². The monoisotopic (exact) mass is 354 g/mol. The van der Waals surface area contributed by atoms with Crippen molar-refractivity contribution < 1.29 is 9.53 Å². The number of nitrogens with zero attached hydrogens (tertiary/aromatic N) is 1. The Morgan fingerprint density at radius 1 is 1.00 bits per heavy atom. The predicted molar refractivity (Wildman–Crippen MR) is 105 cm³/mol. The first kappa shape index (κ1) is 19.3. The molecule has 6 nitrogen and oxygen atoms in total. The van der Waals surface area contributed by atoms with Gasteiger partial charge in [0.15, 0.2) is 5.96 Å². The third-order valence-corrected chi connectivity index (χ3v) is 3.64. The van der Waals surface area contributed by atoms with Gasteiger partial charge in [-0.1, -0.05) is 30.3 Å². The predicted octanol–water partition coefficient (Wildman–Crippen LogP) is 2.18. The zero-order valence-electron chi connectivity index (χ0n) is 15.3. The minimum atomic E-state index is -0.0529. The summed E-state index contributed by atoms with van der Waals surface area (Å²) in [5, 5.41) is 9.23. The molecule has 0 unspecified atom stereocenters. The van der Waals surface area contributed by atoms with Gasteiger partial charge in [0.05, 0.1) is 6.54 Å². The highest BCUT2D eigenvalue weighted by Gasteiger charge is 2.04. The van der Waals surface area contributed by atoms with Gasteiger partial charge in [0.2, 0.25) is 0 Å². The molecule has 0 spiro atoms. The maximum absolute atomic E-state index is 11.7. The first-order valence-electron chi connectivity index (χ1n) is 8.72. The van der Waals surface area contributed by atoms with Crippen LogP contribution in [0.5, 0.6) is 5.75 Å². The largest absolute Gasteiger partial charge is 0.492 e. The van der Waals surface area contributed by atoms with Crippen LogP contribution in [0.4, 0.5) is 0 Å². The zero-order valence-corrected chi connectivity index (χ0v) is 15.3. The molecule has 0 aliphatic heterocycles. The molecule has 0 atom stereocenters. The van der Waals surface area contributed by atoms with Gasteiger partial charge in [-0.05, 0) is 36.8 Å². The molecule has 2 aromatic carbocycles. The van der Waals surface area contributed by atoms with Crippen LogP contribution in [-0.4, -0.2) is 38.6 Å². The number of guanidine groups is 1. The number of para-hydroxylation sites is 1. The molecular weight excluding hydrogens is 328 g/mol. The number of carbonyl (C=O) groups excluding carboxylic acids is 1. The summed E-state index contributed by atoms with van der Waals surface area (Å²) in [7, 11) is 1.73. The number of hydrogen-bond donors (Lipinski definition) is 3. The van der Waals surface area contributed by atoms with Crippen LogP contribution in [0.2, 0.25) is 0 Å². The van der Waals surface area contributed by atoms with Gasteiger partial charge in [0, 0.05) is 25.7 Å². The van der Waals surface area contributed by atoms with Crippen molar-refractivity contribution in [3.63, 3.8) is 0 Å². The molecule has 3 N–H and O–H groups in total. The average molecular weight is 354 g/mol. The highest BCUT2D eigenvalue weighted by Crippen LogP contribution is 2.07. The lowest BCUT2D eigenvalue weighted by Gasteiger charge is -2.13. The van der Waals surface area contributed by atoms with E-state index in [2.05, 4.69) is 20.9 Å². The summed E-state index contributed by atoms with van der Waals surface area (Å²) in [4.78, 5) is 15.9. The highest BCUT2D eigenvalue weighted by atomic mass is 16.5. The number of hydrogen-bond acceptors (Lipinski definition) is 3. The maximum atomic E-state index is 11.7. The quantitative estimate of drug-likeness (QED) is 0.386. The molecule has 0 aliphatic rings. The highest BCUT2D eigenvalue weighted by molar-refractivity contribution is 5.94. The lowest BCUT2D eigenvalue weighted by atomic mass is 10.1. The van der Waals surface area contributed by atoms with Crippen molar-refractivity contribution in [3.8, 4) is 5.75 Å². The molecule has 0 saturated carbocycles. The van der Waals surface area contributed by atoms with Gasteiger partial charge >= 0.3 is 0 Å². The molecule has 0 fully saturated rings. The van der Waals surface area contributed by atoms with Gasteiger partial charge in [-0.25, -0.2) is 0 Å². The molecular formula is C20H26N4O2. The van der Waals surface area contributed by atoms with Crippen molar-refractivity contribution >= 4 is 11.9 Å². The molecule has 6 heteroatoms. The Bertz CT molecular complexity index is 700. The van der Waals surface area contributed by atoms with E-state index in [0.717, 1.165) is 11.3 Å². The fourth-order valence-electron chi connectivity index (χ4n) is 2.30. The Balaban J connectivity index is 1.72. The van der Waals surface area contributed by atoms with Crippen molar-refractivity contribution in [1.82, 2.24) is 16.0 Å². The van der Waals surface area contributed by atoms with Crippen molar-refractivity contribution in [3.05, 3.63) is 65.7 Å². The number of carbonyl (C=O) groups is 1. The van der Waals surface area contributed by atoms with E-state index in [1.165, 1.54) is 0 Å².